The quantitative estimate of drug-likeness (QED) is 0.606. The molecule has 1 fully saturated rings. The summed E-state index contributed by atoms with van der Waals surface area (Å²) in [5.74, 6) is 1.37. The highest BCUT2D eigenvalue weighted by molar-refractivity contribution is 5.79. The smallest absolute Gasteiger partial charge is 0.227 e. The number of carbonyl (C=O) groups excluding carboxylic acids is 1. The fourth-order valence-corrected chi connectivity index (χ4v) is 4.14. The van der Waals surface area contributed by atoms with Gasteiger partial charge in [-0.05, 0) is 48.2 Å². The molecule has 1 aromatic heterocycles. The molecule has 2 aromatic carbocycles. The average molecular weight is 401 g/mol. The molecule has 0 N–H and O–H groups in total. The minimum absolute atomic E-state index is 0.207. The van der Waals surface area contributed by atoms with Crippen molar-refractivity contribution in [1.29, 1.82) is 0 Å². The van der Waals surface area contributed by atoms with Crippen molar-refractivity contribution in [3.05, 3.63) is 95.3 Å². The van der Waals surface area contributed by atoms with Crippen LogP contribution < -0.4 is 4.74 Å². The third-order valence-electron chi connectivity index (χ3n) is 5.74. The van der Waals surface area contributed by atoms with Gasteiger partial charge in [0.05, 0.1) is 13.5 Å². The van der Waals surface area contributed by atoms with Crippen molar-refractivity contribution in [2.75, 3.05) is 20.2 Å². The highest BCUT2D eigenvalue weighted by atomic mass is 16.5. The Balaban J connectivity index is 1.43. The Kier molecular flexibility index (Phi) is 6.43. The number of ether oxygens (including phenoxy) is 1. The summed E-state index contributed by atoms with van der Waals surface area (Å²) < 4.78 is 5.33. The number of likely N-dealkylation sites (tertiary alicyclic amines) is 1. The molecule has 1 amide bonds. The van der Waals surface area contributed by atoms with Crippen LogP contribution in [-0.2, 0) is 17.6 Å². The predicted molar refractivity (Wildman–Crippen MR) is 119 cm³/mol. The minimum Gasteiger partial charge on any atom is -0.497 e. The molecule has 154 valence electrons. The summed E-state index contributed by atoms with van der Waals surface area (Å²) in [4.78, 5) is 19.8. The van der Waals surface area contributed by atoms with E-state index < -0.39 is 0 Å². The SMILES string of the molecule is COc1cccc(Cc2cccc(C3CCCN(C(=O)Cc4ccccc4)C3)n2)c1. The summed E-state index contributed by atoms with van der Waals surface area (Å²) in [6.45, 7) is 1.59. The first-order valence-electron chi connectivity index (χ1n) is 10.6. The molecular weight excluding hydrogens is 372 g/mol. The Morgan fingerprint density at radius 2 is 1.83 bits per heavy atom. The summed E-state index contributed by atoms with van der Waals surface area (Å²) in [7, 11) is 1.69. The van der Waals surface area contributed by atoms with E-state index in [1.54, 1.807) is 7.11 Å². The van der Waals surface area contributed by atoms with E-state index in [0.717, 1.165) is 55.1 Å². The van der Waals surface area contributed by atoms with E-state index in [4.69, 9.17) is 9.72 Å². The molecule has 4 rings (SSSR count). The molecular formula is C26H28N2O2. The number of amides is 1. The van der Waals surface area contributed by atoms with Crippen molar-refractivity contribution in [2.45, 2.75) is 31.6 Å². The van der Waals surface area contributed by atoms with Crippen molar-refractivity contribution in [1.82, 2.24) is 9.88 Å². The Bertz CT molecular complexity index is 987. The number of hydrogen-bond acceptors (Lipinski definition) is 3. The van der Waals surface area contributed by atoms with Crippen LogP contribution in [0.4, 0.5) is 0 Å². The lowest BCUT2D eigenvalue weighted by Gasteiger charge is -2.32. The number of benzene rings is 2. The van der Waals surface area contributed by atoms with Gasteiger partial charge in [0.1, 0.15) is 5.75 Å². The second-order valence-corrected chi connectivity index (χ2v) is 7.92. The second kappa shape index (κ2) is 9.57. The number of rotatable bonds is 6. The van der Waals surface area contributed by atoms with E-state index >= 15 is 0 Å². The zero-order valence-corrected chi connectivity index (χ0v) is 17.5. The van der Waals surface area contributed by atoms with Crippen LogP contribution >= 0.6 is 0 Å². The molecule has 3 aromatic rings. The number of nitrogens with zero attached hydrogens (tertiary/aromatic N) is 2. The Labute approximate surface area is 178 Å². The van der Waals surface area contributed by atoms with E-state index in [1.165, 1.54) is 5.56 Å². The first kappa shape index (κ1) is 20.1. The zero-order valence-electron chi connectivity index (χ0n) is 17.5. The van der Waals surface area contributed by atoms with Crippen LogP contribution in [0.2, 0.25) is 0 Å². The highest BCUT2D eigenvalue weighted by Crippen LogP contribution is 2.27. The Morgan fingerprint density at radius 1 is 1.03 bits per heavy atom. The van der Waals surface area contributed by atoms with Gasteiger partial charge in [0.15, 0.2) is 0 Å². The van der Waals surface area contributed by atoms with E-state index in [-0.39, 0.29) is 5.91 Å². The van der Waals surface area contributed by atoms with Gasteiger partial charge in [0.2, 0.25) is 5.91 Å². The van der Waals surface area contributed by atoms with Crippen molar-refractivity contribution < 1.29 is 9.53 Å². The summed E-state index contributed by atoms with van der Waals surface area (Å²) >= 11 is 0. The molecule has 0 aliphatic carbocycles. The van der Waals surface area contributed by atoms with Gasteiger partial charge >= 0.3 is 0 Å². The molecule has 30 heavy (non-hydrogen) atoms. The van der Waals surface area contributed by atoms with Gasteiger partial charge in [-0.15, -0.1) is 0 Å². The summed E-state index contributed by atoms with van der Waals surface area (Å²) in [5, 5.41) is 0. The molecule has 4 heteroatoms. The van der Waals surface area contributed by atoms with Gasteiger partial charge < -0.3 is 9.64 Å². The summed E-state index contributed by atoms with van der Waals surface area (Å²) in [6, 6.07) is 24.4. The average Bonchev–Trinajstić information content (AvgIpc) is 2.80. The van der Waals surface area contributed by atoms with Crippen LogP contribution in [0.5, 0.6) is 5.75 Å². The minimum atomic E-state index is 0.207. The van der Waals surface area contributed by atoms with Crippen LogP contribution in [0.15, 0.2) is 72.8 Å². The third kappa shape index (κ3) is 5.07. The van der Waals surface area contributed by atoms with Crippen molar-refractivity contribution in [3.63, 3.8) is 0 Å². The second-order valence-electron chi connectivity index (χ2n) is 7.92. The van der Waals surface area contributed by atoms with Crippen molar-refractivity contribution >= 4 is 5.91 Å². The topological polar surface area (TPSA) is 42.4 Å². The van der Waals surface area contributed by atoms with Gasteiger partial charge in [-0.25, -0.2) is 0 Å². The number of piperidine rings is 1. The summed E-state index contributed by atoms with van der Waals surface area (Å²) in [5.41, 5.74) is 4.39. The largest absolute Gasteiger partial charge is 0.497 e. The third-order valence-corrected chi connectivity index (χ3v) is 5.74. The fourth-order valence-electron chi connectivity index (χ4n) is 4.14. The molecule has 0 saturated carbocycles. The number of pyridine rings is 1. The van der Waals surface area contributed by atoms with Gasteiger partial charge in [0, 0.05) is 36.8 Å². The maximum atomic E-state index is 12.8. The van der Waals surface area contributed by atoms with Crippen LogP contribution in [0.25, 0.3) is 0 Å². The number of methoxy groups -OCH3 is 1. The van der Waals surface area contributed by atoms with Crippen LogP contribution in [-0.4, -0.2) is 36.0 Å². The van der Waals surface area contributed by atoms with E-state index in [9.17, 15) is 4.79 Å². The number of aromatic nitrogens is 1. The molecule has 0 bridgehead atoms. The molecule has 1 atom stereocenters. The molecule has 4 nitrogen and oxygen atoms in total. The standard InChI is InChI=1S/C26H28N2O2/c1-30-24-13-5-10-21(17-24)16-23-12-6-14-25(27-23)22-11-7-15-28(19-22)26(29)18-20-8-3-2-4-9-20/h2-6,8-10,12-14,17,22H,7,11,15-16,18-19H2,1H3. The maximum Gasteiger partial charge on any atom is 0.227 e. The lowest BCUT2D eigenvalue weighted by atomic mass is 9.93. The van der Waals surface area contributed by atoms with Crippen LogP contribution in [0, 0.1) is 0 Å². The molecule has 0 spiro atoms. The maximum absolute atomic E-state index is 12.8. The lowest BCUT2D eigenvalue weighted by molar-refractivity contribution is -0.131. The number of hydrogen-bond donors (Lipinski definition) is 0. The normalized spacial score (nSPS) is 16.3. The molecule has 1 saturated heterocycles. The summed E-state index contributed by atoms with van der Waals surface area (Å²) in [6.07, 6.45) is 3.34. The zero-order chi connectivity index (χ0) is 20.8. The van der Waals surface area contributed by atoms with Crippen molar-refractivity contribution in [2.24, 2.45) is 0 Å². The van der Waals surface area contributed by atoms with E-state index in [2.05, 4.69) is 30.3 Å². The molecule has 1 aliphatic rings. The Morgan fingerprint density at radius 3 is 2.67 bits per heavy atom. The molecule has 1 unspecified atom stereocenters. The molecule has 0 radical (unpaired) electrons. The van der Waals surface area contributed by atoms with Gasteiger partial charge in [-0.2, -0.15) is 0 Å². The first-order chi connectivity index (χ1) is 14.7. The number of carbonyl (C=O) groups is 1. The van der Waals surface area contributed by atoms with Crippen LogP contribution in [0.1, 0.15) is 41.3 Å². The lowest BCUT2D eigenvalue weighted by Crippen LogP contribution is -2.40. The van der Waals surface area contributed by atoms with Gasteiger partial charge in [0.25, 0.3) is 0 Å². The van der Waals surface area contributed by atoms with Crippen LogP contribution in [0.3, 0.4) is 0 Å². The first-order valence-corrected chi connectivity index (χ1v) is 10.6. The highest BCUT2D eigenvalue weighted by Gasteiger charge is 2.25. The molecule has 1 aliphatic heterocycles. The predicted octanol–water partition coefficient (Wildman–Crippen LogP) is 4.63. The Hall–Kier alpha value is -3.14. The van der Waals surface area contributed by atoms with E-state index in [0.29, 0.717) is 12.3 Å². The van der Waals surface area contributed by atoms with Gasteiger partial charge in [-0.1, -0.05) is 48.5 Å². The molecule has 2 heterocycles. The van der Waals surface area contributed by atoms with Gasteiger partial charge in [-0.3, -0.25) is 9.78 Å². The monoisotopic (exact) mass is 400 g/mol. The fraction of sp³-hybridized carbons (Fsp3) is 0.308. The van der Waals surface area contributed by atoms with E-state index in [1.807, 2.05) is 47.4 Å². The van der Waals surface area contributed by atoms with Crippen molar-refractivity contribution in [3.8, 4) is 5.75 Å².